The molecule has 0 N–H and O–H groups in total. The van der Waals surface area contributed by atoms with E-state index in [0.717, 1.165) is 0 Å². The summed E-state index contributed by atoms with van der Waals surface area (Å²) < 4.78 is 0. The molecule has 1 heterocycles. The van der Waals surface area contributed by atoms with Crippen LogP contribution in [0, 0.1) is 0 Å². The SMILES string of the molecule is CC=S1C=CC=C1. The summed E-state index contributed by atoms with van der Waals surface area (Å²) in [6, 6.07) is 0. The van der Waals surface area contributed by atoms with Crippen LogP contribution < -0.4 is 0 Å². The summed E-state index contributed by atoms with van der Waals surface area (Å²) >= 11 is 0. The highest BCUT2D eigenvalue weighted by atomic mass is 32.2. The van der Waals surface area contributed by atoms with Crippen molar-refractivity contribution in [3.8, 4) is 0 Å². The van der Waals surface area contributed by atoms with Gasteiger partial charge in [0.1, 0.15) is 0 Å². The van der Waals surface area contributed by atoms with Crippen LogP contribution in [0.1, 0.15) is 6.92 Å². The third-order valence-electron chi connectivity index (χ3n) is 0.855. The quantitative estimate of drug-likeness (QED) is 0.421. The van der Waals surface area contributed by atoms with Crippen molar-refractivity contribution in [2.24, 2.45) is 0 Å². The van der Waals surface area contributed by atoms with Crippen LogP contribution in [0.5, 0.6) is 0 Å². The van der Waals surface area contributed by atoms with Crippen molar-refractivity contribution < 1.29 is 0 Å². The second-order valence-corrected chi connectivity index (χ2v) is 3.13. The molecule has 1 rings (SSSR count). The van der Waals surface area contributed by atoms with Gasteiger partial charge in [0, 0.05) is 0 Å². The summed E-state index contributed by atoms with van der Waals surface area (Å²) in [7, 11) is 0.380. The number of hydrogen-bond acceptors (Lipinski definition) is 0. The van der Waals surface area contributed by atoms with E-state index in [4.69, 9.17) is 0 Å². The molecule has 0 nitrogen and oxygen atoms in total. The standard InChI is InChI=1S/C6H8S/c1-2-7-5-3-4-6-7/h2-6H,1H3. The van der Waals surface area contributed by atoms with E-state index in [1.165, 1.54) is 0 Å². The van der Waals surface area contributed by atoms with Gasteiger partial charge in [-0.15, -0.1) is 10.5 Å². The predicted molar refractivity (Wildman–Crippen MR) is 37.6 cm³/mol. The zero-order valence-corrected chi connectivity index (χ0v) is 5.11. The first-order valence-corrected chi connectivity index (χ1v) is 3.70. The first-order chi connectivity index (χ1) is 3.43. The Hall–Kier alpha value is -0.300. The zero-order chi connectivity index (χ0) is 5.11. The minimum atomic E-state index is 0.380. The van der Waals surface area contributed by atoms with E-state index in [-0.39, 0.29) is 0 Å². The Morgan fingerprint density at radius 2 is 1.86 bits per heavy atom. The highest BCUT2D eigenvalue weighted by Gasteiger charge is 1.82. The molecule has 1 heteroatoms. The number of hydrogen-bond donors (Lipinski definition) is 0. The van der Waals surface area contributed by atoms with Crippen molar-refractivity contribution in [1.29, 1.82) is 0 Å². The van der Waals surface area contributed by atoms with Gasteiger partial charge in [-0.2, -0.15) is 0 Å². The highest BCUT2D eigenvalue weighted by Crippen LogP contribution is 2.19. The first-order valence-electron chi connectivity index (χ1n) is 2.28. The first kappa shape index (κ1) is 4.85. The van der Waals surface area contributed by atoms with Crippen molar-refractivity contribution in [3.63, 3.8) is 0 Å². The lowest BCUT2D eigenvalue weighted by atomic mass is 10.6. The number of rotatable bonds is 0. The average Bonchev–Trinajstić information content (AvgIpc) is 2.14. The van der Waals surface area contributed by atoms with Crippen molar-refractivity contribution in [3.05, 3.63) is 23.0 Å². The predicted octanol–water partition coefficient (Wildman–Crippen LogP) is 2.12. The molecule has 0 amide bonds. The molecule has 0 aromatic carbocycles. The van der Waals surface area contributed by atoms with Crippen molar-refractivity contribution in [2.75, 3.05) is 0 Å². The van der Waals surface area contributed by atoms with Crippen molar-refractivity contribution in [2.45, 2.75) is 6.92 Å². The lowest BCUT2D eigenvalue weighted by Crippen LogP contribution is -1.51. The Labute approximate surface area is 46.5 Å². The normalized spacial score (nSPS) is 18.4. The Balaban J connectivity index is 2.79. The maximum atomic E-state index is 2.19. The van der Waals surface area contributed by atoms with Gasteiger partial charge in [0.2, 0.25) is 0 Å². The molecule has 0 radical (unpaired) electrons. The molecular weight excluding hydrogens is 104 g/mol. The van der Waals surface area contributed by atoms with Crippen LogP contribution in [0.25, 0.3) is 0 Å². The second-order valence-electron chi connectivity index (χ2n) is 1.30. The van der Waals surface area contributed by atoms with Crippen LogP contribution in [0.2, 0.25) is 0 Å². The summed E-state index contributed by atoms with van der Waals surface area (Å²) in [6.45, 7) is 2.09. The fraction of sp³-hybridized carbons (Fsp3) is 0.167. The van der Waals surface area contributed by atoms with E-state index >= 15 is 0 Å². The van der Waals surface area contributed by atoms with Crippen LogP contribution in [0.4, 0.5) is 0 Å². The van der Waals surface area contributed by atoms with Crippen LogP contribution in [-0.4, -0.2) is 5.37 Å². The molecule has 0 bridgehead atoms. The summed E-state index contributed by atoms with van der Waals surface area (Å²) in [5.41, 5.74) is 0. The summed E-state index contributed by atoms with van der Waals surface area (Å²) in [5.74, 6) is 0. The van der Waals surface area contributed by atoms with E-state index in [1.54, 1.807) is 0 Å². The maximum Gasteiger partial charge on any atom is -0.0311 e. The third-order valence-corrected chi connectivity index (χ3v) is 2.34. The van der Waals surface area contributed by atoms with Gasteiger partial charge in [0.05, 0.1) is 0 Å². The molecular formula is C6H8S. The molecule has 0 saturated heterocycles. The molecule has 0 aromatic heterocycles. The fourth-order valence-corrected chi connectivity index (χ4v) is 1.42. The van der Waals surface area contributed by atoms with Crippen LogP contribution in [0.15, 0.2) is 23.0 Å². The lowest BCUT2D eigenvalue weighted by molar-refractivity contribution is 2.14. The smallest absolute Gasteiger partial charge is 0.0311 e. The third kappa shape index (κ3) is 1.03. The Kier molecular flexibility index (Phi) is 1.47. The molecule has 0 unspecified atom stereocenters. The van der Waals surface area contributed by atoms with Gasteiger partial charge in [-0.1, -0.05) is 17.5 Å². The Bertz CT molecular complexity index is 126. The molecule has 0 aromatic rings. The van der Waals surface area contributed by atoms with Crippen LogP contribution in [-0.2, 0) is 0 Å². The fourth-order valence-electron chi connectivity index (χ4n) is 0.475. The molecule has 0 atom stereocenters. The van der Waals surface area contributed by atoms with E-state index < -0.39 is 0 Å². The van der Waals surface area contributed by atoms with Crippen molar-refractivity contribution >= 4 is 15.9 Å². The van der Waals surface area contributed by atoms with E-state index in [1.807, 2.05) is 0 Å². The summed E-state index contributed by atoms with van der Waals surface area (Å²) in [4.78, 5) is 0. The second kappa shape index (κ2) is 2.12. The summed E-state index contributed by atoms with van der Waals surface area (Å²) in [6.07, 6.45) is 4.17. The zero-order valence-electron chi connectivity index (χ0n) is 4.29. The van der Waals surface area contributed by atoms with Gasteiger partial charge >= 0.3 is 0 Å². The Morgan fingerprint density at radius 3 is 2.14 bits per heavy atom. The van der Waals surface area contributed by atoms with Gasteiger partial charge < -0.3 is 0 Å². The molecule has 38 valence electrons. The van der Waals surface area contributed by atoms with Crippen LogP contribution in [0.3, 0.4) is 0 Å². The molecule has 0 fully saturated rings. The molecule has 0 spiro atoms. The molecule has 0 aliphatic carbocycles. The molecule has 7 heavy (non-hydrogen) atoms. The van der Waals surface area contributed by atoms with Gasteiger partial charge in [-0.05, 0) is 17.7 Å². The van der Waals surface area contributed by atoms with Gasteiger partial charge in [0.15, 0.2) is 0 Å². The highest BCUT2D eigenvalue weighted by molar-refractivity contribution is 8.20. The largest absolute Gasteiger partial charge is 0.142 e. The maximum absolute atomic E-state index is 2.19. The minimum absolute atomic E-state index is 0.380. The summed E-state index contributed by atoms with van der Waals surface area (Å²) in [5, 5.41) is 6.58. The van der Waals surface area contributed by atoms with E-state index in [0.29, 0.717) is 10.5 Å². The van der Waals surface area contributed by atoms with E-state index in [2.05, 4.69) is 35.3 Å². The molecule has 1 aliphatic heterocycles. The monoisotopic (exact) mass is 112 g/mol. The minimum Gasteiger partial charge on any atom is -0.142 e. The van der Waals surface area contributed by atoms with Gasteiger partial charge in [-0.25, -0.2) is 0 Å². The van der Waals surface area contributed by atoms with E-state index in [9.17, 15) is 0 Å². The topological polar surface area (TPSA) is 0 Å². The molecule has 0 saturated carbocycles. The Morgan fingerprint density at radius 1 is 1.29 bits per heavy atom. The van der Waals surface area contributed by atoms with Gasteiger partial charge in [0.25, 0.3) is 0 Å². The lowest BCUT2D eigenvalue weighted by Gasteiger charge is -1.81. The average molecular weight is 112 g/mol. The van der Waals surface area contributed by atoms with Crippen molar-refractivity contribution in [1.82, 2.24) is 0 Å². The number of allylic oxidation sites excluding steroid dienone is 2. The van der Waals surface area contributed by atoms with Crippen LogP contribution >= 0.6 is 10.5 Å². The molecule has 1 aliphatic rings. The van der Waals surface area contributed by atoms with Gasteiger partial charge in [-0.3, -0.25) is 0 Å².